The Bertz CT molecular complexity index is 944. The Morgan fingerprint density at radius 1 is 1.19 bits per heavy atom. The molecular weight excluding hydrogens is 328 g/mol. The van der Waals surface area contributed by atoms with Gasteiger partial charge in [-0.2, -0.15) is 0 Å². The van der Waals surface area contributed by atoms with Crippen LogP contribution in [0.5, 0.6) is 0 Å². The summed E-state index contributed by atoms with van der Waals surface area (Å²) in [4.78, 5) is 20.9. The summed E-state index contributed by atoms with van der Waals surface area (Å²) in [5.74, 6) is 1.66. The van der Waals surface area contributed by atoms with E-state index in [1.807, 2.05) is 42.8 Å². The summed E-state index contributed by atoms with van der Waals surface area (Å²) in [5.41, 5.74) is 3.10. The van der Waals surface area contributed by atoms with Gasteiger partial charge in [-0.25, -0.2) is 14.6 Å². The number of ketones is 1. The van der Waals surface area contributed by atoms with Gasteiger partial charge in [0, 0.05) is 18.0 Å². The van der Waals surface area contributed by atoms with Gasteiger partial charge in [-0.3, -0.25) is 4.79 Å². The average molecular weight is 352 g/mol. The van der Waals surface area contributed by atoms with Crippen LogP contribution in [0.3, 0.4) is 0 Å². The summed E-state index contributed by atoms with van der Waals surface area (Å²) >= 11 is 0. The maximum atomic E-state index is 11.6. The lowest BCUT2D eigenvalue weighted by Gasteiger charge is -2.11. The number of carbonyl (C=O) groups is 1. The van der Waals surface area contributed by atoms with Crippen LogP contribution in [0, 0.1) is 0 Å². The van der Waals surface area contributed by atoms with Crippen LogP contribution in [-0.4, -0.2) is 30.7 Å². The molecule has 1 N–H and O–H groups in total. The van der Waals surface area contributed by atoms with Crippen molar-refractivity contribution in [2.75, 3.05) is 5.32 Å². The molecule has 0 bridgehead atoms. The van der Waals surface area contributed by atoms with Gasteiger partial charge in [0.15, 0.2) is 22.8 Å². The summed E-state index contributed by atoms with van der Waals surface area (Å²) < 4.78 is 1.81. The van der Waals surface area contributed by atoms with Crippen molar-refractivity contribution < 1.29 is 4.79 Å². The van der Waals surface area contributed by atoms with Crippen molar-refractivity contribution in [3.8, 4) is 0 Å². The van der Waals surface area contributed by atoms with E-state index in [2.05, 4.69) is 39.4 Å². The molecule has 0 aliphatic rings. The summed E-state index contributed by atoms with van der Waals surface area (Å²) in [6, 6.07) is 7.74. The molecule has 0 fully saturated rings. The van der Waals surface area contributed by atoms with Gasteiger partial charge in [0.25, 0.3) is 0 Å². The second kappa shape index (κ2) is 7.19. The largest absolute Gasteiger partial charge is 0.364 e. The number of carbonyl (C=O) groups excluding carboxylic acids is 1. The fourth-order valence-corrected chi connectivity index (χ4v) is 2.66. The summed E-state index contributed by atoms with van der Waals surface area (Å²) in [6.07, 6.45) is 0. The van der Waals surface area contributed by atoms with E-state index in [1.54, 1.807) is 6.92 Å². The third-order valence-corrected chi connectivity index (χ3v) is 4.14. The maximum absolute atomic E-state index is 11.6. The maximum Gasteiger partial charge on any atom is 0.184 e. The second-order valence-corrected chi connectivity index (χ2v) is 7.00. The van der Waals surface area contributed by atoms with E-state index in [0.29, 0.717) is 23.4 Å². The van der Waals surface area contributed by atoms with Gasteiger partial charge in [0.05, 0.1) is 6.04 Å². The predicted molar refractivity (Wildman–Crippen MR) is 101 cm³/mol. The molecule has 0 spiro atoms. The van der Waals surface area contributed by atoms with Crippen LogP contribution in [0.25, 0.3) is 11.2 Å². The average Bonchev–Trinajstić information content (AvgIpc) is 3.04. The molecule has 0 saturated carbocycles. The number of anilines is 1. The lowest BCUT2D eigenvalue weighted by molar-refractivity contribution is 0.101. The van der Waals surface area contributed by atoms with Crippen LogP contribution in [0.15, 0.2) is 24.3 Å². The minimum absolute atomic E-state index is 0.0539. The molecule has 3 aromatic rings. The first-order valence-electron chi connectivity index (χ1n) is 8.83. The molecule has 26 heavy (non-hydrogen) atoms. The normalized spacial score (nSPS) is 11.5. The van der Waals surface area contributed by atoms with Crippen molar-refractivity contribution in [2.24, 2.45) is 0 Å². The first kappa shape index (κ1) is 18.0. The second-order valence-electron chi connectivity index (χ2n) is 7.00. The topological polar surface area (TPSA) is 85.6 Å². The number of benzene rings is 1. The molecule has 2 aromatic heterocycles. The van der Waals surface area contributed by atoms with Crippen LogP contribution in [0.1, 0.15) is 68.3 Å². The molecule has 0 atom stereocenters. The molecule has 0 aliphatic heterocycles. The van der Waals surface area contributed by atoms with Crippen molar-refractivity contribution in [2.45, 2.75) is 53.1 Å². The highest BCUT2D eigenvalue weighted by Crippen LogP contribution is 2.23. The van der Waals surface area contributed by atoms with Crippen molar-refractivity contribution >= 4 is 22.8 Å². The Balaban J connectivity index is 1.96. The molecule has 0 saturated heterocycles. The van der Waals surface area contributed by atoms with E-state index in [-0.39, 0.29) is 17.7 Å². The molecule has 2 heterocycles. The van der Waals surface area contributed by atoms with E-state index in [9.17, 15) is 4.79 Å². The molecule has 1 aromatic carbocycles. The van der Waals surface area contributed by atoms with Gasteiger partial charge in [0.2, 0.25) is 0 Å². The van der Waals surface area contributed by atoms with Crippen molar-refractivity contribution in [1.29, 1.82) is 0 Å². The molecule has 7 heteroatoms. The van der Waals surface area contributed by atoms with Gasteiger partial charge >= 0.3 is 0 Å². The zero-order valence-corrected chi connectivity index (χ0v) is 15.8. The van der Waals surface area contributed by atoms with Gasteiger partial charge in [-0.1, -0.05) is 37.3 Å². The number of aromatic nitrogens is 5. The van der Waals surface area contributed by atoms with E-state index >= 15 is 0 Å². The fourth-order valence-electron chi connectivity index (χ4n) is 2.66. The smallest absolute Gasteiger partial charge is 0.184 e. The van der Waals surface area contributed by atoms with E-state index in [0.717, 1.165) is 17.0 Å². The van der Waals surface area contributed by atoms with Crippen LogP contribution < -0.4 is 5.32 Å². The molecule has 0 radical (unpaired) electrons. The van der Waals surface area contributed by atoms with Crippen LogP contribution in [-0.2, 0) is 6.54 Å². The number of nitrogens with zero attached hydrogens (tertiary/aromatic N) is 5. The Kier molecular flexibility index (Phi) is 4.97. The molecule has 136 valence electrons. The Hall–Kier alpha value is -2.83. The molecule has 0 unspecified atom stereocenters. The molecular formula is C19H24N6O. The van der Waals surface area contributed by atoms with Crippen LogP contribution >= 0.6 is 0 Å². The molecule has 0 amide bonds. The predicted octanol–water partition coefficient (Wildman–Crippen LogP) is 3.74. The highest BCUT2D eigenvalue weighted by atomic mass is 16.1. The van der Waals surface area contributed by atoms with Crippen molar-refractivity contribution in [3.05, 3.63) is 41.2 Å². The first-order chi connectivity index (χ1) is 12.4. The summed E-state index contributed by atoms with van der Waals surface area (Å²) in [5, 5.41) is 11.8. The number of rotatable bonds is 6. The number of Topliss-reactive ketones (excluding diaryl/α,β-unsaturated/α-hetero) is 1. The number of fused-ring (bicyclic) bond motifs is 1. The fraction of sp³-hybridized carbons (Fsp3) is 0.421. The van der Waals surface area contributed by atoms with Crippen LogP contribution in [0.4, 0.5) is 5.82 Å². The molecule has 0 aliphatic carbocycles. The highest BCUT2D eigenvalue weighted by Gasteiger charge is 2.17. The van der Waals surface area contributed by atoms with Gasteiger partial charge in [-0.05, 0) is 32.4 Å². The van der Waals surface area contributed by atoms with E-state index < -0.39 is 0 Å². The zero-order chi connectivity index (χ0) is 18.8. The monoisotopic (exact) mass is 352 g/mol. The third-order valence-electron chi connectivity index (χ3n) is 4.14. The zero-order valence-electron chi connectivity index (χ0n) is 15.8. The lowest BCUT2D eigenvalue weighted by atomic mass is 10.1. The Morgan fingerprint density at radius 2 is 1.96 bits per heavy atom. The molecule has 7 nitrogen and oxygen atoms in total. The Labute approximate surface area is 152 Å². The minimum atomic E-state index is 0.0539. The first-order valence-corrected chi connectivity index (χ1v) is 8.83. The summed E-state index contributed by atoms with van der Waals surface area (Å²) in [7, 11) is 0. The Morgan fingerprint density at radius 3 is 2.62 bits per heavy atom. The summed E-state index contributed by atoms with van der Waals surface area (Å²) in [6.45, 7) is 10.3. The van der Waals surface area contributed by atoms with E-state index in [1.165, 1.54) is 0 Å². The van der Waals surface area contributed by atoms with Crippen molar-refractivity contribution in [3.63, 3.8) is 0 Å². The molecule has 3 rings (SSSR count). The third kappa shape index (κ3) is 3.56. The van der Waals surface area contributed by atoms with Gasteiger partial charge in [-0.15, -0.1) is 5.10 Å². The SMILES string of the molecule is CC(=O)c1cccc(CNc2nc(C(C)C)nc3c2nnn3C(C)C)c1. The lowest BCUT2D eigenvalue weighted by Crippen LogP contribution is -2.09. The number of nitrogens with one attached hydrogen (secondary N) is 1. The van der Waals surface area contributed by atoms with Gasteiger partial charge in [0.1, 0.15) is 5.82 Å². The number of hydrogen-bond donors (Lipinski definition) is 1. The van der Waals surface area contributed by atoms with Crippen molar-refractivity contribution in [1.82, 2.24) is 25.0 Å². The van der Waals surface area contributed by atoms with E-state index in [4.69, 9.17) is 0 Å². The highest BCUT2D eigenvalue weighted by molar-refractivity contribution is 5.94. The van der Waals surface area contributed by atoms with Gasteiger partial charge < -0.3 is 5.32 Å². The van der Waals surface area contributed by atoms with Crippen LogP contribution in [0.2, 0.25) is 0 Å². The quantitative estimate of drug-likeness (QED) is 0.680. The number of hydrogen-bond acceptors (Lipinski definition) is 6. The standard InChI is InChI=1S/C19H24N6O/c1-11(2)17-21-18(16-19(22-17)25(12(3)4)24-23-16)20-10-14-7-6-8-15(9-14)13(5)26/h6-9,11-12H,10H2,1-5H3,(H,20,21,22). The minimum Gasteiger partial charge on any atom is -0.364 e.